The number of azo groups is 2. The summed E-state index contributed by atoms with van der Waals surface area (Å²) >= 11 is 0. The van der Waals surface area contributed by atoms with E-state index >= 15 is 0 Å². The van der Waals surface area contributed by atoms with Crippen LogP contribution in [-0.2, 0) is 6.42 Å². The molecule has 0 radical (unpaired) electrons. The van der Waals surface area contributed by atoms with Crippen molar-refractivity contribution >= 4 is 0 Å². The van der Waals surface area contributed by atoms with Crippen LogP contribution in [0, 0.1) is 0 Å². The fourth-order valence-corrected chi connectivity index (χ4v) is 0.936. The molecule has 0 saturated carbocycles. The van der Waals surface area contributed by atoms with Crippen molar-refractivity contribution in [1.82, 2.24) is 4.98 Å². The summed E-state index contributed by atoms with van der Waals surface area (Å²) in [6.07, 6.45) is 4.44. The molecule has 1 heterocycles. The molecule has 1 aromatic rings. The van der Waals surface area contributed by atoms with Gasteiger partial charge in [0, 0.05) is 19.4 Å². The van der Waals surface area contributed by atoms with Crippen LogP contribution >= 0.6 is 0 Å². The van der Waals surface area contributed by atoms with Gasteiger partial charge in [0.15, 0.2) is 6.67 Å². The summed E-state index contributed by atoms with van der Waals surface area (Å²) in [5.41, 5.74) is 1.22. The van der Waals surface area contributed by atoms with Crippen molar-refractivity contribution in [1.29, 1.82) is 0 Å². The molecule has 0 aromatic carbocycles. The highest BCUT2D eigenvalue weighted by Gasteiger charge is 1.88. The van der Waals surface area contributed by atoms with Crippen LogP contribution < -0.4 is 0 Å². The third kappa shape index (κ3) is 4.39. The number of aromatic nitrogens is 1. The maximum atomic E-state index is 3.96. The number of hydrogen-bond acceptors (Lipinski definition) is 5. The zero-order valence-electron chi connectivity index (χ0n) is 8.17. The Morgan fingerprint density at radius 1 is 1.14 bits per heavy atom. The van der Waals surface area contributed by atoms with Gasteiger partial charge in [-0.15, -0.1) is 0 Å². The molecular weight excluding hydrogens is 178 g/mol. The summed E-state index contributed by atoms with van der Waals surface area (Å²) < 4.78 is 0. The average molecular weight is 191 g/mol. The summed E-state index contributed by atoms with van der Waals surface area (Å²) in [4.78, 5) is 3.93. The van der Waals surface area contributed by atoms with E-state index in [4.69, 9.17) is 0 Å². The zero-order valence-corrected chi connectivity index (χ0v) is 8.17. The molecule has 5 heteroatoms. The maximum absolute atomic E-state index is 3.96. The topological polar surface area (TPSA) is 62.3 Å². The van der Waals surface area contributed by atoms with Gasteiger partial charge in [-0.1, -0.05) is 0 Å². The van der Waals surface area contributed by atoms with Gasteiger partial charge in [0.25, 0.3) is 0 Å². The molecule has 0 fully saturated rings. The SMILES string of the molecule is CN=NCN=NCCc1ccncc1. The Morgan fingerprint density at radius 2 is 1.93 bits per heavy atom. The van der Waals surface area contributed by atoms with Crippen molar-refractivity contribution in [3.63, 3.8) is 0 Å². The van der Waals surface area contributed by atoms with Crippen molar-refractivity contribution in [2.45, 2.75) is 6.42 Å². The molecule has 0 saturated heterocycles. The molecule has 1 aromatic heterocycles. The standard InChI is InChI=1S/C9H13N5/c1-10-13-8-14-12-7-4-9-2-5-11-6-3-9/h2-3,5-6H,4,7-8H2,1H3. The van der Waals surface area contributed by atoms with Crippen LogP contribution in [0.15, 0.2) is 45.0 Å². The largest absolute Gasteiger partial charge is 0.265 e. The first-order valence-corrected chi connectivity index (χ1v) is 4.41. The van der Waals surface area contributed by atoms with E-state index in [1.54, 1.807) is 19.4 Å². The maximum Gasteiger partial charge on any atom is 0.170 e. The number of pyridine rings is 1. The lowest BCUT2D eigenvalue weighted by atomic mass is 10.2. The van der Waals surface area contributed by atoms with E-state index in [1.807, 2.05) is 12.1 Å². The summed E-state index contributed by atoms with van der Waals surface area (Å²) in [5, 5.41) is 15.0. The minimum Gasteiger partial charge on any atom is -0.265 e. The van der Waals surface area contributed by atoms with Gasteiger partial charge in [0.1, 0.15) is 0 Å². The van der Waals surface area contributed by atoms with Gasteiger partial charge in [-0.25, -0.2) is 0 Å². The van der Waals surface area contributed by atoms with E-state index < -0.39 is 0 Å². The third-order valence-corrected chi connectivity index (χ3v) is 1.62. The second-order valence-electron chi connectivity index (χ2n) is 2.59. The monoisotopic (exact) mass is 191 g/mol. The number of nitrogens with zero attached hydrogens (tertiary/aromatic N) is 5. The average Bonchev–Trinajstić information content (AvgIpc) is 2.25. The van der Waals surface area contributed by atoms with Crippen molar-refractivity contribution < 1.29 is 0 Å². The molecule has 0 bridgehead atoms. The first-order valence-electron chi connectivity index (χ1n) is 4.41. The van der Waals surface area contributed by atoms with Gasteiger partial charge in [0.05, 0.1) is 6.54 Å². The highest BCUT2D eigenvalue weighted by molar-refractivity contribution is 5.09. The molecule has 5 nitrogen and oxygen atoms in total. The predicted octanol–water partition coefficient (Wildman–Crippen LogP) is 2.12. The van der Waals surface area contributed by atoms with Crippen molar-refractivity contribution in [3.8, 4) is 0 Å². The van der Waals surface area contributed by atoms with Crippen LogP contribution in [0.1, 0.15) is 5.56 Å². The van der Waals surface area contributed by atoms with Gasteiger partial charge in [0.2, 0.25) is 0 Å². The Hall–Kier alpha value is -1.65. The van der Waals surface area contributed by atoms with E-state index in [0.717, 1.165) is 6.42 Å². The van der Waals surface area contributed by atoms with E-state index in [0.29, 0.717) is 13.2 Å². The minimum atomic E-state index is 0.326. The molecule has 0 unspecified atom stereocenters. The summed E-state index contributed by atoms with van der Waals surface area (Å²) in [6.45, 7) is 1.01. The molecule has 0 amide bonds. The van der Waals surface area contributed by atoms with Crippen LogP contribution in [0.2, 0.25) is 0 Å². The Kier molecular flexibility index (Phi) is 5.08. The van der Waals surface area contributed by atoms with E-state index in [1.165, 1.54) is 5.56 Å². The van der Waals surface area contributed by atoms with Gasteiger partial charge in [-0.3, -0.25) is 4.98 Å². The molecule has 0 aliphatic heterocycles. The third-order valence-electron chi connectivity index (χ3n) is 1.62. The van der Waals surface area contributed by atoms with E-state index in [-0.39, 0.29) is 0 Å². The summed E-state index contributed by atoms with van der Waals surface area (Å²) in [5.74, 6) is 0. The van der Waals surface area contributed by atoms with Crippen LogP contribution in [0.5, 0.6) is 0 Å². The van der Waals surface area contributed by atoms with Gasteiger partial charge >= 0.3 is 0 Å². The Balaban J connectivity index is 2.19. The lowest BCUT2D eigenvalue weighted by Crippen LogP contribution is -1.88. The van der Waals surface area contributed by atoms with E-state index in [9.17, 15) is 0 Å². The quantitative estimate of drug-likeness (QED) is 0.657. The second-order valence-corrected chi connectivity index (χ2v) is 2.59. The van der Waals surface area contributed by atoms with Gasteiger partial charge < -0.3 is 0 Å². The minimum absolute atomic E-state index is 0.326. The van der Waals surface area contributed by atoms with Crippen molar-refractivity contribution in [3.05, 3.63) is 30.1 Å². The second kappa shape index (κ2) is 6.82. The lowest BCUT2D eigenvalue weighted by molar-refractivity contribution is 0.810. The molecule has 0 aliphatic rings. The summed E-state index contributed by atoms with van der Waals surface area (Å²) in [7, 11) is 1.62. The van der Waals surface area contributed by atoms with Crippen LogP contribution in [-0.4, -0.2) is 25.2 Å². The molecule has 1 rings (SSSR count). The van der Waals surface area contributed by atoms with Crippen LogP contribution in [0.4, 0.5) is 0 Å². The molecular formula is C9H13N5. The molecule has 0 spiro atoms. The molecule has 0 atom stereocenters. The normalized spacial score (nSPS) is 11.5. The molecule has 0 N–H and O–H groups in total. The van der Waals surface area contributed by atoms with Gasteiger partial charge in [-0.05, 0) is 24.1 Å². The highest BCUT2D eigenvalue weighted by atomic mass is 15.2. The molecule has 14 heavy (non-hydrogen) atoms. The van der Waals surface area contributed by atoms with Gasteiger partial charge in [-0.2, -0.15) is 20.5 Å². The highest BCUT2D eigenvalue weighted by Crippen LogP contribution is 1.97. The van der Waals surface area contributed by atoms with Crippen molar-refractivity contribution in [2.75, 3.05) is 20.3 Å². The Labute approximate surface area is 83.0 Å². The number of rotatable bonds is 5. The first-order chi connectivity index (χ1) is 6.93. The lowest BCUT2D eigenvalue weighted by Gasteiger charge is -1.94. The Bertz CT molecular complexity index is 293. The van der Waals surface area contributed by atoms with E-state index in [2.05, 4.69) is 25.4 Å². The van der Waals surface area contributed by atoms with Crippen molar-refractivity contribution in [2.24, 2.45) is 20.5 Å². The fourth-order valence-electron chi connectivity index (χ4n) is 0.936. The smallest absolute Gasteiger partial charge is 0.170 e. The molecule has 74 valence electrons. The van der Waals surface area contributed by atoms with Crippen LogP contribution in [0.3, 0.4) is 0 Å². The first kappa shape index (κ1) is 10.4. The fraction of sp³-hybridized carbons (Fsp3) is 0.444. The van der Waals surface area contributed by atoms with Crippen LogP contribution in [0.25, 0.3) is 0 Å². The Morgan fingerprint density at radius 3 is 2.64 bits per heavy atom. The number of hydrogen-bond donors (Lipinski definition) is 0. The predicted molar refractivity (Wildman–Crippen MR) is 53.3 cm³/mol. The molecule has 0 aliphatic carbocycles. The summed E-state index contributed by atoms with van der Waals surface area (Å²) in [6, 6.07) is 3.95. The zero-order chi connectivity index (χ0) is 10.1.